The van der Waals surface area contributed by atoms with Gasteiger partial charge in [-0.2, -0.15) is 16.4 Å². The Morgan fingerprint density at radius 1 is 1.25 bits per heavy atom. The Balaban J connectivity index is 1.73. The van der Waals surface area contributed by atoms with Gasteiger partial charge in [-0.3, -0.25) is 9.89 Å². The number of H-pyrrole nitrogens is 1. The highest BCUT2D eigenvalue weighted by Crippen LogP contribution is 2.19. The smallest absolute Gasteiger partial charge is 0.228 e. The van der Waals surface area contributed by atoms with Gasteiger partial charge < -0.3 is 10.0 Å². The monoisotopic (exact) mass is 341 g/mol. The molecule has 2 heterocycles. The van der Waals surface area contributed by atoms with Crippen molar-refractivity contribution < 1.29 is 9.90 Å². The van der Waals surface area contributed by atoms with Gasteiger partial charge in [0.2, 0.25) is 5.91 Å². The molecule has 0 saturated carbocycles. The van der Waals surface area contributed by atoms with Gasteiger partial charge in [0.05, 0.1) is 19.1 Å². The van der Waals surface area contributed by atoms with E-state index in [0.717, 1.165) is 16.8 Å². The van der Waals surface area contributed by atoms with Gasteiger partial charge >= 0.3 is 0 Å². The van der Waals surface area contributed by atoms with Crippen molar-refractivity contribution in [3.63, 3.8) is 0 Å². The van der Waals surface area contributed by atoms with Crippen molar-refractivity contribution in [1.82, 2.24) is 15.1 Å². The molecule has 1 amide bonds. The molecule has 0 spiro atoms. The second-order valence-corrected chi connectivity index (χ2v) is 6.37. The van der Waals surface area contributed by atoms with Crippen LogP contribution in [0.3, 0.4) is 0 Å². The summed E-state index contributed by atoms with van der Waals surface area (Å²) in [5.41, 5.74) is 2.64. The Labute approximate surface area is 144 Å². The van der Waals surface area contributed by atoms with Crippen LogP contribution in [0.1, 0.15) is 22.9 Å². The predicted molar refractivity (Wildman–Crippen MR) is 93.4 cm³/mol. The Kier molecular flexibility index (Phi) is 5.40. The quantitative estimate of drug-likeness (QED) is 0.694. The Morgan fingerprint density at radius 2 is 2.08 bits per heavy atom. The lowest BCUT2D eigenvalue weighted by Gasteiger charge is -2.25. The third-order valence-corrected chi connectivity index (χ3v) is 4.49. The topological polar surface area (TPSA) is 69.2 Å². The van der Waals surface area contributed by atoms with E-state index >= 15 is 0 Å². The van der Waals surface area contributed by atoms with Crippen LogP contribution in [0.15, 0.2) is 59.4 Å². The number of amides is 1. The van der Waals surface area contributed by atoms with E-state index in [0.29, 0.717) is 6.54 Å². The van der Waals surface area contributed by atoms with Crippen molar-refractivity contribution in [2.45, 2.75) is 19.1 Å². The first kappa shape index (κ1) is 16.4. The number of aliphatic hydroxyl groups excluding tert-OH is 1. The largest absolute Gasteiger partial charge is 0.387 e. The highest BCUT2D eigenvalue weighted by Gasteiger charge is 2.20. The highest BCUT2D eigenvalue weighted by atomic mass is 32.1. The van der Waals surface area contributed by atoms with Crippen LogP contribution >= 0.6 is 11.3 Å². The third kappa shape index (κ3) is 4.31. The number of thiophene rings is 1. The molecule has 1 unspecified atom stereocenters. The van der Waals surface area contributed by atoms with E-state index in [1.165, 1.54) is 11.3 Å². The molecule has 3 aromatic rings. The second kappa shape index (κ2) is 7.90. The molecule has 5 nitrogen and oxygen atoms in total. The van der Waals surface area contributed by atoms with Crippen LogP contribution < -0.4 is 0 Å². The maximum Gasteiger partial charge on any atom is 0.228 e. The van der Waals surface area contributed by atoms with Crippen molar-refractivity contribution in [3.8, 4) is 0 Å². The average molecular weight is 341 g/mol. The van der Waals surface area contributed by atoms with Crippen molar-refractivity contribution in [2.24, 2.45) is 0 Å². The third-order valence-electron chi connectivity index (χ3n) is 3.79. The lowest BCUT2D eigenvalue weighted by Crippen LogP contribution is -2.35. The molecule has 0 aliphatic carbocycles. The molecular weight excluding hydrogens is 322 g/mol. The number of aromatic amines is 1. The summed E-state index contributed by atoms with van der Waals surface area (Å²) < 4.78 is 0. The first-order valence-electron chi connectivity index (χ1n) is 7.72. The zero-order valence-corrected chi connectivity index (χ0v) is 13.9. The zero-order valence-electron chi connectivity index (χ0n) is 13.1. The molecule has 0 saturated heterocycles. The van der Waals surface area contributed by atoms with Gasteiger partial charge in [-0.25, -0.2) is 0 Å². The minimum Gasteiger partial charge on any atom is -0.387 e. The summed E-state index contributed by atoms with van der Waals surface area (Å²) in [7, 11) is 0. The lowest BCUT2D eigenvalue weighted by molar-refractivity contribution is -0.132. The van der Waals surface area contributed by atoms with Gasteiger partial charge in [0.1, 0.15) is 0 Å². The van der Waals surface area contributed by atoms with Crippen LogP contribution in [0.25, 0.3) is 0 Å². The van der Waals surface area contributed by atoms with E-state index in [4.69, 9.17) is 0 Å². The van der Waals surface area contributed by atoms with Crippen LogP contribution in [0.2, 0.25) is 0 Å². The number of nitrogens with zero attached hydrogens (tertiary/aromatic N) is 2. The summed E-state index contributed by atoms with van der Waals surface area (Å²) in [4.78, 5) is 14.4. The van der Waals surface area contributed by atoms with Gasteiger partial charge in [0, 0.05) is 18.4 Å². The summed E-state index contributed by atoms with van der Waals surface area (Å²) in [6.07, 6.45) is 1.18. The maximum absolute atomic E-state index is 12.7. The fraction of sp³-hybridized carbons (Fsp3) is 0.222. The molecule has 24 heavy (non-hydrogen) atoms. The molecule has 2 aromatic heterocycles. The summed E-state index contributed by atoms with van der Waals surface area (Å²) in [5.74, 6) is -0.0441. The Morgan fingerprint density at radius 3 is 2.75 bits per heavy atom. The van der Waals surface area contributed by atoms with Gasteiger partial charge in [0.25, 0.3) is 0 Å². The van der Waals surface area contributed by atoms with Crippen LogP contribution in [-0.2, 0) is 17.8 Å². The Bertz CT molecular complexity index is 742. The molecule has 0 aliphatic heterocycles. The molecule has 0 bridgehead atoms. The number of carbonyl (C=O) groups is 1. The van der Waals surface area contributed by atoms with Crippen molar-refractivity contribution in [3.05, 3.63) is 76.2 Å². The second-order valence-electron chi connectivity index (χ2n) is 5.59. The van der Waals surface area contributed by atoms with Crippen molar-refractivity contribution in [1.29, 1.82) is 0 Å². The van der Waals surface area contributed by atoms with E-state index in [2.05, 4.69) is 10.2 Å². The van der Waals surface area contributed by atoms with Gasteiger partial charge in [-0.05, 0) is 34.0 Å². The molecule has 1 atom stereocenters. The van der Waals surface area contributed by atoms with Crippen LogP contribution in [0, 0.1) is 0 Å². The number of aromatic nitrogens is 2. The van der Waals surface area contributed by atoms with E-state index in [1.54, 1.807) is 17.2 Å². The zero-order chi connectivity index (χ0) is 16.8. The molecular formula is C18H19N3O2S. The molecule has 3 rings (SSSR count). The number of hydrogen-bond acceptors (Lipinski definition) is 4. The van der Waals surface area contributed by atoms with Crippen LogP contribution in [0.5, 0.6) is 0 Å². The summed E-state index contributed by atoms with van der Waals surface area (Å²) in [5, 5.41) is 20.9. The molecule has 124 valence electrons. The number of aliphatic hydroxyl groups is 1. The van der Waals surface area contributed by atoms with Gasteiger partial charge in [0.15, 0.2) is 0 Å². The average Bonchev–Trinajstić information content (AvgIpc) is 3.29. The fourth-order valence-corrected chi connectivity index (χ4v) is 3.20. The van der Waals surface area contributed by atoms with Crippen molar-refractivity contribution >= 4 is 17.2 Å². The summed E-state index contributed by atoms with van der Waals surface area (Å²) in [6.45, 7) is 0.730. The van der Waals surface area contributed by atoms with Crippen LogP contribution in [-0.4, -0.2) is 32.7 Å². The standard InChI is InChI=1S/C18H19N3O2S/c22-17(15-7-9-24-13-15)12-21(11-14-4-2-1-3-5-14)18(23)10-16-6-8-19-20-16/h1-9,13,17,22H,10-12H2,(H,19,20). The first-order chi connectivity index (χ1) is 11.7. The van der Waals surface area contributed by atoms with Gasteiger partial charge in [-0.15, -0.1) is 0 Å². The summed E-state index contributed by atoms with van der Waals surface area (Å²) >= 11 is 1.53. The van der Waals surface area contributed by atoms with Crippen LogP contribution in [0.4, 0.5) is 0 Å². The number of nitrogens with one attached hydrogen (secondary N) is 1. The minimum absolute atomic E-state index is 0.0441. The maximum atomic E-state index is 12.7. The number of hydrogen-bond donors (Lipinski definition) is 2. The molecule has 0 radical (unpaired) electrons. The Hall–Kier alpha value is -2.44. The van der Waals surface area contributed by atoms with E-state index in [1.807, 2.05) is 47.2 Å². The fourth-order valence-electron chi connectivity index (χ4n) is 2.49. The van der Waals surface area contributed by atoms with Gasteiger partial charge in [-0.1, -0.05) is 30.3 Å². The van der Waals surface area contributed by atoms with Crippen molar-refractivity contribution in [2.75, 3.05) is 6.54 Å². The number of carbonyl (C=O) groups excluding carboxylic acids is 1. The normalized spacial score (nSPS) is 12.0. The molecule has 6 heteroatoms. The molecule has 0 fully saturated rings. The predicted octanol–water partition coefficient (Wildman–Crippen LogP) is 2.78. The number of benzene rings is 1. The highest BCUT2D eigenvalue weighted by molar-refractivity contribution is 7.07. The summed E-state index contributed by atoms with van der Waals surface area (Å²) in [6, 6.07) is 13.5. The molecule has 1 aromatic carbocycles. The minimum atomic E-state index is -0.689. The van der Waals surface area contributed by atoms with E-state index < -0.39 is 6.10 Å². The molecule has 0 aliphatic rings. The van der Waals surface area contributed by atoms with E-state index in [-0.39, 0.29) is 18.9 Å². The SMILES string of the molecule is O=C(Cc1ccn[nH]1)N(Cc1ccccc1)CC(O)c1ccsc1. The van der Waals surface area contributed by atoms with E-state index in [9.17, 15) is 9.90 Å². The molecule has 2 N–H and O–H groups in total. The lowest BCUT2D eigenvalue weighted by atomic mass is 10.1. The first-order valence-corrected chi connectivity index (χ1v) is 8.67. The number of rotatable bonds is 7.